The van der Waals surface area contributed by atoms with Gasteiger partial charge in [-0.25, -0.2) is 19.3 Å². The summed E-state index contributed by atoms with van der Waals surface area (Å²) in [6, 6.07) is 1.81. The predicted octanol–water partition coefficient (Wildman–Crippen LogP) is 3.84. The monoisotopic (exact) mass is 493 g/mol. The average Bonchev–Trinajstić information content (AvgIpc) is 3.08. The fourth-order valence-electron chi connectivity index (χ4n) is 5.05. The Morgan fingerprint density at radius 3 is 2.55 bits per heavy atom. The number of pyridine rings is 1. The first kappa shape index (κ1) is 23.1. The maximum atomic E-state index is 14.1. The predicted molar refractivity (Wildman–Crippen MR) is 127 cm³/mol. The lowest BCUT2D eigenvalue weighted by molar-refractivity contribution is -0.0364. The average molecular weight is 494 g/mol. The minimum absolute atomic E-state index is 0.0182. The summed E-state index contributed by atoms with van der Waals surface area (Å²) in [5, 5.41) is 10.3. The van der Waals surface area contributed by atoms with E-state index in [9.17, 15) is 4.39 Å². The molecule has 5 heterocycles. The van der Waals surface area contributed by atoms with Gasteiger partial charge in [0.25, 0.3) is 0 Å². The van der Waals surface area contributed by atoms with Crippen LogP contribution in [0.1, 0.15) is 26.7 Å². The van der Waals surface area contributed by atoms with Crippen LogP contribution in [0.25, 0.3) is 0 Å². The summed E-state index contributed by atoms with van der Waals surface area (Å²) >= 11 is 7.96. The number of alkyl halides is 1. The molecule has 5 rings (SSSR count). The quantitative estimate of drug-likeness (QED) is 0.673. The molecule has 0 unspecified atom stereocenters. The molecule has 1 spiro atoms. The van der Waals surface area contributed by atoms with Gasteiger partial charge in [-0.15, -0.1) is 0 Å². The van der Waals surface area contributed by atoms with Crippen LogP contribution >= 0.6 is 23.4 Å². The van der Waals surface area contributed by atoms with Crippen molar-refractivity contribution in [1.82, 2.24) is 15.0 Å². The molecule has 0 aliphatic carbocycles. The van der Waals surface area contributed by atoms with Crippen LogP contribution in [0, 0.1) is 11.8 Å². The Bertz CT molecular complexity index is 999. The highest BCUT2D eigenvalue weighted by Gasteiger charge is 2.47. The van der Waals surface area contributed by atoms with Gasteiger partial charge >= 0.3 is 0 Å². The minimum Gasteiger partial charge on any atom is -0.393 e. The normalized spacial score (nSPS) is 26.0. The summed E-state index contributed by atoms with van der Waals surface area (Å²) in [5.74, 6) is 2.59. The number of anilines is 2. The maximum absolute atomic E-state index is 14.1. The molecule has 10 heteroatoms. The molecule has 2 aromatic heterocycles. The van der Waals surface area contributed by atoms with Crippen LogP contribution in [0.4, 0.5) is 16.0 Å². The molecule has 178 valence electrons. The summed E-state index contributed by atoms with van der Waals surface area (Å²) in [7, 11) is 0. The van der Waals surface area contributed by atoms with E-state index < -0.39 is 12.3 Å². The third-order valence-corrected chi connectivity index (χ3v) is 8.91. The van der Waals surface area contributed by atoms with E-state index in [1.54, 1.807) is 17.3 Å². The molecule has 1 N–H and O–H groups in total. The van der Waals surface area contributed by atoms with Gasteiger partial charge in [0.2, 0.25) is 0 Å². The highest BCUT2D eigenvalue weighted by atomic mass is 35.5. The first-order valence-corrected chi connectivity index (χ1v) is 12.6. The van der Waals surface area contributed by atoms with Crippen molar-refractivity contribution in [3.63, 3.8) is 0 Å². The molecular weight excluding hydrogens is 465 g/mol. The molecule has 3 saturated heterocycles. The number of hydrogen-bond donors (Lipinski definition) is 1. The first-order chi connectivity index (χ1) is 15.8. The third-order valence-electron chi connectivity index (χ3n) is 7.45. The van der Waals surface area contributed by atoms with Crippen molar-refractivity contribution in [1.29, 1.82) is 0 Å². The van der Waals surface area contributed by atoms with E-state index in [-0.39, 0.29) is 18.7 Å². The number of halogens is 2. The molecule has 0 radical (unpaired) electrons. The Morgan fingerprint density at radius 2 is 1.94 bits per heavy atom. The van der Waals surface area contributed by atoms with E-state index in [0.717, 1.165) is 48.3 Å². The number of piperidine rings is 1. The summed E-state index contributed by atoms with van der Waals surface area (Å²) < 4.78 is 20.3. The summed E-state index contributed by atoms with van der Waals surface area (Å²) in [5.41, 5.74) is -1.56. The van der Waals surface area contributed by atoms with E-state index >= 15 is 0 Å². The highest BCUT2D eigenvalue weighted by Crippen LogP contribution is 2.44. The van der Waals surface area contributed by atoms with Crippen LogP contribution in [0.5, 0.6) is 0 Å². The van der Waals surface area contributed by atoms with E-state index in [2.05, 4.69) is 33.7 Å². The number of ether oxygens (including phenoxy) is 1. The van der Waals surface area contributed by atoms with E-state index in [4.69, 9.17) is 21.4 Å². The van der Waals surface area contributed by atoms with Gasteiger partial charge in [0.15, 0.2) is 5.67 Å². The third kappa shape index (κ3) is 4.29. The SMILES string of the molecule is C[C@@H]1COC2(CCN(c3cnc(Sc4ccnc(N5CC(F)(CO)C5)c4Cl)cn3)CC2)[C@@H]1C. The van der Waals surface area contributed by atoms with Gasteiger partial charge in [-0.3, -0.25) is 0 Å². The Balaban J connectivity index is 1.22. The van der Waals surface area contributed by atoms with Gasteiger partial charge in [-0.2, -0.15) is 0 Å². The number of nitrogens with zero attached hydrogens (tertiary/aromatic N) is 5. The second-order valence-corrected chi connectivity index (χ2v) is 11.0. The number of aliphatic hydroxyl groups is 1. The lowest BCUT2D eigenvalue weighted by Crippen LogP contribution is -2.61. The number of aliphatic hydroxyl groups excluding tert-OH is 1. The zero-order valence-corrected chi connectivity index (χ0v) is 20.4. The van der Waals surface area contributed by atoms with E-state index in [1.165, 1.54) is 11.8 Å². The van der Waals surface area contributed by atoms with Crippen LogP contribution in [0.2, 0.25) is 5.02 Å². The van der Waals surface area contributed by atoms with Crippen molar-refractivity contribution in [3.05, 3.63) is 29.7 Å². The Hall–Kier alpha value is -1.68. The minimum atomic E-state index is -1.58. The van der Waals surface area contributed by atoms with Crippen molar-refractivity contribution in [2.45, 2.75) is 47.9 Å². The summed E-state index contributed by atoms with van der Waals surface area (Å²) in [4.78, 5) is 18.3. The zero-order chi connectivity index (χ0) is 23.2. The molecular formula is C23H29ClFN5O2S. The van der Waals surface area contributed by atoms with Gasteiger partial charge in [0, 0.05) is 24.2 Å². The molecule has 3 aliphatic rings. The van der Waals surface area contributed by atoms with Crippen molar-refractivity contribution >= 4 is 35.0 Å². The molecule has 7 nitrogen and oxygen atoms in total. The lowest BCUT2D eigenvalue weighted by atomic mass is 9.77. The fourth-order valence-corrected chi connectivity index (χ4v) is 6.14. The van der Waals surface area contributed by atoms with Crippen LogP contribution in [0.15, 0.2) is 34.6 Å². The van der Waals surface area contributed by atoms with Gasteiger partial charge in [-0.05, 0) is 30.7 Å². The first-order valence-electron chi connectivity index (χ1n) is 11.4. The molecule has 0 saturated carbocycles. The second kappa shape index (κ2) is 8.83. The Labute approximate surface area is 202 Å². The van der Waals surface area contributed by atoms with E-state index in [0.29, 0.717) is 22.7 Å². The van der Waals surface area contributed by atoms with Crippen LogP contribution in [0.3, 0.4) is 0 Å². The van der Waals surface area contributed by atoms with Crippen LogP contribution in [-0.4, -0.2) is 70.7 Å². The molecule has 0 amide bonds. The maximum Gasteiger partial charge on any atom is 0.168 e. The number of rotatable bonds is 5. The summed E-state index contributed by atoms with van der Waals surface area (Å²) in [6.07, 6.45) is 7.25. The van der Waals surface area contributed by atoms with Gasteiger partial charge in [-0.1, -0.05) is 37.2 Å². The Kier molecular flexibility index (Phi) is 6.18. The van der Waals surface area contributed by atoms with Crippen molar-refractivity contribution < 1.29 is 14.2 Å². The molecule has 3 fully saturated rings. The van der Waals surface area contributed by atoms with Crippen molar-refractivity contribution in [2.75, 3.05) is 49.2 Å². The topological polar surface area (TPSA) is 74.6 Å². The highest BCUT2D eigenvalue weighted by molar-refractivity contribution is 7.99. The van der Waals surface area contributed by atoms with Crippen LogP contribution < -0.4 is 9.80 Å². The van der Waals surface area contributed by atoms with Crippen molar-refractivity contribution in [3.8, 4) is 0 Å². The molecule has 33 heavy (non-hydrogen) atoms. The second-order valence-electron chi connectivity index (χ2n) is 9.56. The van der Waals surface area contributed by atoms with Gasteiger partial charge < -0.3 is 19.6 Å². The molecule has 0 bridgehead atoms. The largest absolute Gasteiger partial charge is 0.393 e. The Morgan fingerprint density at radius 1 is 1.18 bits per heavy atom. The lowest BCUT2D eigenvalue weighted by Gasteiger charge is -2.44. The molecule has 2 aromatic rings. The number of aromatic nitrogens is 3. The van der Waals surface area contributed by atoms with Gasteiger partial charge in [0.1, 0.15) is 16.7 Å². The standard InChI is InChI=1S/C23H29ClFN5O2S/c1-15-11-32-23(16(15)2)4-7-29(8-5-23)18-9-28-19(10-27-18)33-17-3-6-26-21(20(17)24)30-12-22(25,13-30)14-31/h3,6,9-10,15-16,31H,4-5,7-8,11-14H2,1-2H3/t15-,16-/m1/s1. The smallest absolute Gasteiger partial charge is 0.168 e. The molecule has 2 atom stereocenters. The van der Waals surface area contributed by atoms with Crippen molar-refractivity contribution in [2.24, 2.45) is 11.8 Å². The van der Waals surface area contributed by atoms with Crippen LogP contribution in [-0.2, 0) is 4.74 Å². The van der Waals surface area contributed by atoms with E-state index in [1.807, 2.05) is 12.3 Å². The van der Waals surface area contributed by atoms with Gasteiger partial charge in [0.05, 0.1) is 49.3 Å². The summed E-state index contributed by atoms with van der Waals surface area (Å²) in [6.45, 7) is 6.95. The fraction of sp³-hybridized carbons (Fsp3) is 0.609. The number of hydrogen-bond acceptors (Lipinski definition) is 8. The molecule has 3 aliphatic heterocycles. The molecule has 0 aromatic carbocycles. The zero-order valence-electron chi connectivity index (χ0n) is 18.9.